The summed E-state index contributed by atoms with van der Waals surface area (Å²) in [5.41, 5.74) is 2.02. The number of aromatic nitrogens is 2. The van der Waals surface area contributed by atoms with E-state index < -0.39 is 0 Å². The molecule has 1 aliphatic carbocycles. The maximum Gasteiger partial charge on any atom is 0.194 e. The molecule has 15 heavy (non-hydrogen) atoms. The van der Waals surface area contributed by atoms with Crippen LogP contribution in [0.3, 0.4) is 0 Å². The van der Waals surface area contributed by atoms with Crippen LogP contribution in [0.1, 0.15) is 40.3 Å². The lowest BCUT2D eigenvalue weighted by molar-refractivity contribution is 0.111. The molecule has 0 aliphatic heterocycles. The number of aldehydes is 1. The van der Waals surface area contributed by atoms with Gasteiger partial charge in [-0.15, -0.1) is 11.3 Å². The normalized spacial score (nSPS) is 16.3. The summed E-state index contributed by atoms with van der Waals surface area (Å²) in [7, 11) is 0. The quantitative estimate of drug-likeness (QED) is 0.546. The summed E-state index contributed by atoms with van der Waals surface area (Å²) < 4.78 is 2.04. The van der Waals surface area contributed by atoms with Crippen LogP contribution in [0.15, 0.2) is 6.20 Å². The van der Waals surface area contributed by atoms with E-state index in [1.54, 1.807) is 17.5 Å². The van der Waals surface area contributed by atoms with Gasteiger partial charge >= 0.3 is 0 Å². The van der Waals surface area contributed by atoms with Crippen molar-refractivity contribution in [3.05, 3.63) is 22.5 Å². The molecule has 1 aliphatic rings. The van der Waals surface area contributed by atoms with E-state index in [1.807, 2.05) is 4.40 Å². The Bertz CT molecular complexity index is 512. The predicted octanol–water partition coefficient (Wildman–Crippen LogP) is 2.48. The maximum absolute atomic E-state index is 10.9. The summed E-state index contributed by atoms with van der Waals surface area (Å²) in [6, 6.07) is 0. The number of aryl methyl sites for hydroxylation is 2. The Kier molecular flexibility index (Phi) is 2.09. The van der Waals surface area contributed by atoms with Crippen molar-refractivity contribution in [2.24, 2.45) is 0 Å². The Morgan fingerprint density at radius 3 is 3.07 bits per heavy atom. The molecule has 78 valence electrons. The van der Waals surface area contributed by atoms with Crippen LogP contribution in [0, 0.1) is 0 Å². The zero-order valence-corrected chi connectivity index (χ0v) is 9.22. The van der Waals surface area contributed by atoms with Crippen LogP contribution in [0.5, 0.6) is 0 Å². The lowest BCUT2D eigenvalue weighted by atomic mass is 10.2. The highest BCUT2D eigenvalue weighted by Crippen LogP contribution is 2.29. The van der Waals surface area contributed by atoms with Crippen LogP contribution in [0.4, 0.5) is 0 Å². The summed E-state index contributed by atoms with van der Waals surface area (Å²) in [5, 5.41) is 0. The van der Waals surface area contributed by atoms with Gasteiger partial charge in [0.15, 0.2) is 11.2 Å². The second-order valence-electron chi connectivity index (χ2n) is 3.95. The molecule has 0 atom stereocenters. The largest absolute Gasteiger partial charge is 0.296 e. The van der Waals surface area contributed by atoms with Crippen LogP contribution >= 0.6 is 11.3 Å². The van der Waals surface area contributed by atoms with Crippen molar-refractivity contribution in [3.8, 4) is 0 Å². The number of carbonyl (C=O) groups is 1. The fourth-order valence-corrected chi connectivity index (χ4v) is 3.46. The molecule has 0 spiro atoms. The van der Waals surface area contributed by atoms with Crippen molar-refractivity contribution >= 4 is 22.6 Å². The standard InChI is InChI=1S/C11H12N2OS/c14-7-8-6-12-11-13(8)9-4-2-1-3-5-10(9)15-11/h6-7H,1-5H2. The Morgan fingerprint density at radius 1 is 1.33 bits per heavy atom. The highest BCUT2D eigenvalue weighted by atomic mass is 32.1. The molecule has 0 fully saturated rings. The van der Waals surface area contributed by atoms with E-state index >= 15 is 0 Å². The van der Waals surface area contributed by atoms with E-state index in [0.29, 0.717) is 5.69 Å². The van der Waals surface area contributed by atoms with E-state index in [-0.39, 0.29) is 0 Å². The molecule has 3 rings (SSSR count). The van der Waals surface area contributed by atoms with Crippen molar-refractivity contribution in [1.82, 2.24) is 9.38 Å². The van der Waals surface area contributed by atoms with Crippen molar-refractivity contribution in [2.45, 2.75) is 32.1 Å². The number of nitrogens with zero attached hydrogens (tertiary/aromatic N) is 2. The molecule has 0 unspecified atom stereocenters. The first-order valence-electron chi connectivity index (χ1n) is 5.33. The summed E-state index contributed by atoms with van der Waals surface area (Å²) in [6.07, 6.45) is 8.62. The first-order valence-corrected chi connectivity index (χ1v) is 6.15. The lowest BCUT2D eigenvalue weighted by Gasteiger charge is -1.99. The second kappa shape index (κ2) is 3.45. The highest BCUT2D eigenvalue weighted by molar-refractivity contribution is 7.17. The molecule has 0 aromatic carbocycles. The third-order valence-electron chi connectivity index (χ3n) is 3.00. The minimum Gasteiger partial charge on any atom is -0.296 e. The van der Waals surface area contributed by atoms with Crippen LogP contribution in [0.2, 0.25) is 0 Å². The fraction of sp³-hybridized carbons (Fsp3) is 0.455. The minimum atomic E-state index is 0.699. The summed E-state index contributed by atoms with van der Waals surface area (Å²) >= 11 is 1.74. The number of fused-ring (bicyclic) bond motifs is 3. The number of imidazole rings is 1. The van der Waals surface area contributed by atoms with Gasteiger partial charge in [-0.1, -0.05) is 6.42 Å². The fourth-order valence-electron chi connectivity index (χ4n) is 2.27. The van der Waals surface area contributed by atoms with Crippen LogP contribution in [-0.4, -0.2) is 15.7 Å². The van der Waals surface area contributed by atoms with Crippen molar-refractivity contribution in [2.75, 3.05) is 0 Å². The number of carbonyl (C=O) groups excluding carboxylic acids is 1. The lowest BCUT2D eigenvalue weighted by Crippen LogP contribution is -1.97. The van der Waals surface area contributed by atoms with Crippen molar-refractivity contribution in [1.29, 1.82) is 0 Å². The SMILES string of the molecule is O=Cc1cnc2sc3c(n12)CCCCC3. The molecule has 2 aromatic rings. The van der Waals surface area contributed by atoms with Crippen LogP contribution < -0.4 is 0 Å². The second-order valence-corrected chi connectivity index (χ2v) is 5.01. The average molecular weight is 220 g/mol. The Balaban J connectivity index is 2.26. The van der Waals surface area contributed by atoms with Gasteiger partial charge in [-0.25, -0.2) is 4.98 Å². The summed E-state index contributed by atoms with van der Waals surface area (Å²) in [4.78, 5) is 17.6. The van der Waals surface area contributed by atoms with Gasteiger partial charge in [-0.05, 0) is 25.7 Å². The maximum atomic E-state index is 10.9. The van der Waals surface area contributed by atoms with Gasteiger partial charge < -0.3 is 0 Å². The monoisotopic (exact) mass is 220 g/mol. The third-order valence-corrected chi connectivity index (χ3v) is 4.16. The van der Waals surface area contributed by atoms with Crippen molar-refractivity contribution < 1.29 is 4.79 Å². The first-order chi connectivity index (χ1) is 7.40. The van der Waals surface area contributed by atoms with Gasteiger partial charge in [0.2, 0.25) is 0 Å². The molecular weight excluding hydrogens is 208 g/mol. The van der Waals surface area contributed by atoms with Gasteiger partial charge in [-0.3, -0.25) is 9.20 Å². The molecule has 3 nitrogen and oxygen atoms in total. The van der Waals surface area contributed by atoms with Gasteiger partial charge in [0.1, 0.15) is 5.69 Å². The molecule has 2 heterocycles. The molecule has 0 saturated carbocycles. The smallest absolute Gasteiger partial charge is 0.194 e. The molecule has 0 radical (unpaired) electrons. The minimum absolute atomic E-state index is 0.699. The van der Waals surface area contributed by atoms with Gasteiger partial charge in [0.05, 0.1) is 6.20 Å². The van der Waals surface area contributed by atoms with Gasteiger partial charge in [0.25, 0.3) is 0 Å². The summed E-state index contributed by atoms with van der Waals surface area (Å²) in [5.74, 6) is 0. The molecule has 0 saturated heterocycles. The van der Waals surface area contributed by atoms with Crippen molar-refractivity contribution in [3.63, 3.8) is 0 Å². The van der Waals surface area contributed by atoms with E-state index in [1.165, 1.54) is 29.8 Å². The van der Waals surface area contributed by atoms with Crippen LogP contribution in [0.25, 0.3) is 4.96 Å². The Morgan fingerprint density at radius 2 is 2.20 bits per heavy atom. The Hall–Kier alpha value is -1.16. The van der Waals surface area contributed by atoms with Gasteiger partial charge in [-0.2, -0.15) is 0 Å². The van der Waals surface area contributed by atoms with E-state index in [9.17, 15) is 4.79 Å². The van der Waals surface area contributed by atoms with E-state index in [2.05, 4.69) is 4.98 Å². The molecule has 0 N–H and O–H groups in total. The predicted molar refractivity (Wildman–Crippen MR) is 59.7 cm³/mol. The third kappa shape index (κ3) is 1.32. The number of hydrogen-bond acceptors (Lipinski definition) is 3. The van der Waals surface area contributed by atoms with E-state index in [0.717, 1.165) is 24.1 Å². The molecule has 0 bridgehead atoms. The number of rotatable bonds is 1. The van der Waals surface area contributed by atoms with E-state index in [4.69, 9.17) is 0 Å². The first kappa shape index (κ1) is 9.09. The summed E-state index contributed by atoms with van der Waals surface area (Å²) in [6.45, 7) is 0. The van der Waals surface area contributed by atoms with Gasteiger partial charge in [0, 0.05) is 10.6 Å². The molecule has 2 aromatic heterocycles. The number of hydrogen-bond donors (Lipinski definition) is 0. The molecule has 4 heteroatoms. The Labute approximate surface area is 91.8 Å². The zero-order chi connectivity index (χ0) is 10.3. The molecular formula is C11H12N2OS. The topological polar surface area (TPSA) is 34.4 Å². The number of thiazole rings is 1. The average Bonchev–Trinajstić information content (AvgIpc) is 2.70. The van der Waals surface area contributed by atoms with Crippen LogP contribution in [-0.2, 0) is 12.8 Å². The highest BCUT2D eigenvalue weighted by Gasteiger charge is 2.17. The molecule has 0 amide bonds. The zero-order valence-electron chi connectivity index (χ0n) is 8.40.